The molecule has 1 aromatic rings. The van der Waals surface area contributed by atoms with Crippen LogP contribution in [-0.4, -0.2) is 50.5 Å². The van der Waals surface area contributed by atoms with Gasteiger partial charge >= 0.3 is 5.97 Å². The lowest BCUT2D eigenvalue weighted by atomic mass is 10.3. The summed E-state index contributed by atoms with van der Waals surface area (Å²) in [6, 6.07) is 6.91. The molecular formula is C13H17NO6. The number of hydrogen-bond donors (Lipinski definition) is 2. The molecule has 0 saturated carbocycles. The second-order valence-corrected chi connectivity index (χ2v) is 3.76. The molecule has 0 bridgehead atoms. The summed E-state index contributed by atoms with van der Waals surface area (Å²) in [5, 5.41) is 10.9. The first kappa shape index (κ1) is 15.8. The Labute approximate surface area is 116 Å². The van der Waals surface area contributed by atoms with Gasteiger partial charge < -0.3 is 24.6 Å². The van der Waals surface area contributed by atoms with Gasteiger partial charge in [0.25, 0.3) is 5.91 Å². The minimum Gasteiger partial charge on any atom is -0.497 e. The second-order valence-electron chi connectivity index (χ2n) is 3.76. The van der Waals surface area contributed by atoms with Gasteiger partial charge in [-0.25, -0.2) is 4.79 Å². The fraction of sp³-hybridized carbons (Fsp3) is 0.385. The lowest BCUT2D eigenvalue weighted by molar-refractivity contribution is -0.142. The highest BCUT2D eigenvalue weighted by molar-refractivity contribution is 5.77. The summed E-state index contributed by atoms with van der Waals surface area (Å²) in [6.07, 6.45) is 0. The molecule has 0 atom stereocenters. The average Bonchev–Trinajstić information content (AvgIpc) is 2.44. The number of aliphatic carboxylic acids is 1. The van der Waals surface area contributed by atoms with Crippen LogP contribution in [0.1, 0.15) is 0 Å². The first-order valence-corrected chi connectivity index (χ1v) is 5.95. The number of carboxylic acids is 1. The van der Waals surface area contributed by atoms with E-state index < -0.39 is 5.97 Å². The molecule has 20 heavy (non-hydrogen) atoms. The van der Waals surface area contributed by atoms with E-state index in [1.54, 1.807) is 31.4 Å². The fourth-order valence-corrected chi connectivity index (χ4v) is 1.31. The number of nitrogens with one attached hydrogen (secondary N) is 1. The van der Waals surface area contributed by atoms with Crippen LogP contribution >= 0.6 is 0 Å². The average molecular weight is 283 g/mol. The minimum absolute atomic E-state index is 0.133. The molecule has 110 valence electrons. The van der Waals surface area contributed by atoms with Gasteiger partial charge in [0.2, 0.25) is 0 Å². The minimum atomic E-state index is -1.04. The molecule has 0 saturated heterocycles. The van der Waals surface area contributed by atoms with Gasteiger partial charge in [-0.2, -0.15) is 0 Å². The third kappa shape index (κ3) is 6.60. The molecule has 0 aliphatic carbocycles. The molecule has 0 aromatic heterocycles. The number of benzene rings is 1. The molecule has 7 nitrogen and oxygen atoms in total. The Balaban J connectivity index is 2.17. The highest BCUT2D eigenvalue weighted by Crippen LogP contribution is 2.18. The smallest absolute Gasteiger partial charge is 0.329 e. The molecule has 0 radical (unpaired) electrons. The molecule has 0 unspecified atom stereocenters. The van der Waals surface area contributed by atoms with Gasteiger partial charge in [-0.3, -0.25) is 4.79 Å². The van der Waals surface area contributed by atoms with Gasteiger partial charge in [-0.15, -0.1) is 0 Å². The number of hydrogen-bond acceptors (Lipinski definition) is 5. The number of rotatable bonds is 9. The van der Waals surface area contributed by atoms with Crippen LogP contribution in [0.5, 0.6) is 11.5 Å². The van der Waals surface area contributed by atoms with Crippen LogP contribution in [0.3, 0.4) is 0 Å². The van der Waals surface area contributed by atoms with Crippen molar-refractivity contribution < 1.29 is 28.9 Å². The zero-order valence-corrected chi connectivity index (χ0v) is 11.1. The van der Waals surface area contributed by atoms with Crippen molar-refractivity contribution in [2.45, 2.75) is 0 Å². The van der Waals surface area contributed by atoms with E-state index in [0.717, 1.165) is 0 Å². The Morgan fingerprint density at radius 3 is 2.70 bits per heavy atom. The molecule has 1 aromatic carbocycles. The maximum atomic E-state index is 11.4. The summed E-state index contributed by atoms with van der Waals surface area (Å²) in [7, 11) is 1.54. The normalized spacial score (nSPS) is 9.85. The number of ether oxygens (including phenoxy) is 3. The predicted molar refractivity (Wildman–Crippen MR) is 70.0 cm³/mol. The third-order valence-corrected chi connectivity index (χ3v) is 2.21. The van der Waals surface area contributed by atoms with Crippen molar-refractivity contribution in [1.82, 2.24) is 5.32 Å². The molecule has 2 N–H and O–H groups in total. The first-order valence-electron chi connectivity index (χ1n) is 5.95. The van der Waals surface area contributed by atoms with Gasteiger partial charge in [0.15, 0.2) is 6.61 Å². The zero-order chi connectivity index (χ0) is 14.8. The van der Waals surface area contributed by atoms with Gasteiger partial charge in [-0.1, -0.05) is 6.07 Å². The van der Waals surface area contributed by atoms with Crippen LogP contribution in [-0.2, 0) is 14.3 Å². The predicted octanol–water partition coefficient (Wildman–Crippen LogP) is 0.291. The number of carbonyl (C=O) groups excluding carboxylic acids is 1. The largest absolute Gasteiger partial charge is 0.497 e. The van der Waals surface area contributed by atoms with E-state index in [4.69, 9.17) is 19.3 Å². The van der Waals surface area contributed by atoms with Crippen molar-refractivity contribution in [1.29, 1.82) is 0 Å². The molecule has 0 fully saturated rings. The van der Waals surface area contributed by atoms with Gasteiger partial charge in [-0.05, 0) is 12.1 Å². The van der Waals surface area contributed by atoms with Gasteiger partial charge in [0.05, 0.1) is 13.7 Å². The van der Waals surface area contributed by atoms with Crippen LogP contribution in [0, 0.1) is 0 Å². The highest BCUT2D eigenvalue weighted by Gasteiger charge is 2.03. The van der Waals surface area contributed by atoms with Gasteiger partial charge in [0.1, 0.15) is 18.1 Å². The SMILES string of the molecule is COc1cccc(OCC(=O)NCCOCC(=O)O)c1. The summed E-state index contributed by atoms with van der Waals surface area (Å²) in [5.74, 6) is -0.184. The Kier molecular flexibility index (Phi) is 6.91. The van der Waals surface area contributed by atoms with Crippen LogP contribution < -0.4 is 14.8 Å². The van der Waals surface area contributed by atoms with E-state index in [9.17, 15) is 9.59 Å². The maximum Gasteiger partial charge on any atom is 0.329 e. The van der Waals surface area contributed by atoms with Crippen molar-refractivity contribution in [2.75, 3.05) is 33.5 Å². The molecule has 7 heteroatoms. The van der Waals surface area contributed by atoms with E-state index in [1.165, 1.54) is 0 Å². The van der Waals surface area contributed by atoms with E-state index in [2.05, 4.69) is 5.32 Å². The highest BCUT2D eigenvalue weighted by atomic mass is 16.5. The van der Waals surface area contributed by atoms with Gasteiger partial charge in [0, 0.05) is 12.6 Å². The second kappa shape index (κ2) is 8.76. The summed E-state index contributed by atoms with van der Waals surface area (Å²) in [4.78, 5) is 21.6. The number of methoxy groups -OCH3 is 1. The van der Waals surface area contributed by atoms with Crippen molar-refractivity contribution in [3.63, 3.8) is 0 Å². The quantitative estimate of drug-likeness (QED) is 0.633. The summed E-state index contributed by atoms with van der Waals surface area (Å²) in [6.45, 7) is -0.146. The molecular weight excluding hydrogens is 266 g/mol. The molecule has 0 spiro atoms. The molecule has 0 aliphatic heterocycles. The zero-order valence-electron chi connectivity index (χ0n) is 11.1. The molecule has 1 rings (SSSR count). The number of amides is 1. The Bertz CT molecular complexity index is 448. The Hall–Kier alpha value is -2.28. The molecule has 0 heterocycles. The number of carbonyl (C=O) groups is 2. The van der Waals surface area contributed by atoms with Crippen molar-refractivity contribution in [3.05, 3.63) is 24.3 Å². The van der Waals surface area contributed by atoms with Crippen molar-refractivity contribution in [2.24, 2.45) is 0 Å². The van der Waals surface area contributed by atoms with Crippen LogP contribution in [0.4, 0.5) is 0 Å². The van der Waals surface area contributed by atoms with E-state index in [0.29, 0.717) is 11.5 Å². The standard InChI is InChI=1S/C13H17NO6/c1-18-10-3-2-4-11(7-10)20-8-12(15)14-5-6-19-9-13(16)17/h2-4,7H,5-6,8-9H2,1H3,(H,14,15)(H,16,17). The summed E-state index contributed by atoms with van der Waals surface area (Å²) in [5.41, 5.74) is 0. The fourth-order valence-electron chi connectivity index (χ4n) is 1.31. The lowest BCUT2D eigenvalue weighted by Crippen LogP contribution is -2.32. The first-order chi connectivity index (χ1) is 9.61. The van der Waals surface area contributed by atoms with E-state index >= 15 is 0 Å². The topological polar surface area (TPSA) is 94.1 Å². The molecule has 1 amide bonds. The van der Waals surface area contributed by atoms with Crippen molar-refractivity contribution in [3.8, 4) is 11.5 Å². The van der Waals surface area contributed by atoms with Crippen LogP contribution in [0.2, 0.25) is 0 Å². The Morgan fingerprint density at radius 2 is 2.00 bits per heavy atom. The summed E-state index contributed by atoms with van der Waals surface area (Å²) < 4.78 is 15.1. The van der Waals surface area contributed by atoms with Crippen LogP contribution in [0.15, 0.2) is 24.3 Å². The third-order valence-electron chi connectivity index (χ3n) is 2.21. The lowest BCUT2D eigenvalue weighted by Gasteiger charge is -2.08. The Morgan fingerprint density at radius 1 is 1.25 bits per heavy atom. The number of carboxylic acid groups (broad SMARTS) is 1. The maximum absolute atomic E-state index is 11.4. The monoisotopic (exact) mass is 283 g/mol. The summed E-state index contributed by atoms with van der Waals surface area (Å²) >= 11 is 0. The van der Waals surface area contributed by atoms with E-state index in [1.807, 2.05) is 0 Å². The molecule has 0 aliphatic rings. The van der Waals surface area contributed by atoms with Crippen molar-refractivity contribution >= 4 is 11.9 Å². The van der Waals surface area contributed by atoms with Crippen LogP contribution in [0.25, 0.3) is 0 Å². The van der Waals surface area contributed by atoms with E-state index in [-0.39, 0.29) is 32.3 Å².